The van der Waals surface area contributed by atoms with E-state index < -0.39 is 0 Å². The van der Waals surface area contributed by atoms with Gasteiger partial charge < -0.3 is 9.47 Å². The Kier molecular flexibility index (Phi) is 2.95. The van der Waals surface area contributed by atoms with E-state index >= 15 is 0 Å². The molecule has 2 aliphatic rings. The molecule has 2 aliphatic heterocycles. The number of hydrogen-bond donors (Lipinski definition) is 0. The van der Waals surface area contributed by atoms with Gasteiger partial charge in [0.15, 0.2) is 5.90 Å². The van der Waals surface area contributed by atoms with Gasteiger partial charge in [0.25, 0.3) is 0 Å². The van der Waals surface area contributed by atoms with Gasteiger partial charge in [0.1, 0.15) is 12.7 Å². The van der Waals surface area contributed by atoms with Crippen LogP contribution in [0.25, 0.3) is 0 Å². The molecule has 0 aromatic heterocycles. The summed E-state index contributed by atoms with van der Waals surface area (Å²) >= 11 is 0. The summed E-state index contributed by atoms with van der Waals surface area (Å²) in [6.45, 7) is 5.50. The second kappa shape index (κ2) is 4.01. The molecule has 0 amide bonds. The van der Waals surface area contributed by atoms with E-state index in [9.17, 15) is 0 Å². The topological polar surface area (TPSA) is 30.8 Å². The fourth-order valence-electron chi connectivity index (χ4n) is 0.678. The SMILES string of the molecule is CC1=NCCO1.CC1C=CO1. The van der Waals surface area contributed by atoms with E-state index in [0.717, 1.165) is 19.0 Å². The van der Waals surface area contributed by atoms with Crippen molar-refractivity contribution in [3.63, 3.8) is 0 Å². The van der Waals surface area contributed by atoms with Crippen LogP contribution in [-0.4, -0.2) is 25.2 Å². The van der Waals surface area contributed by atoms with E-state index in [1.807, 2.05) is 19.9 Å². The highest BCUT2D eigenvalue weighted by Crippen LogP contribution is 2.02. The predicted octanol–water partition coefficient (Wildman–Crippen LogP) is 1.35. The van der Waals surface area contributed by atoms with Crippen molar-refractivity contribution >= 4 is 5.90 Å². The van der Waals surface area contributed by atoms with Crippen molar-refractivity contribution in [3.05, 3.63) is 12.3 Å². The van der Waals surface area contributed by atoms with Gasteiger partial charge in [0, 0.05) is 6.92 Å². The number of hydrogen-bond acceptors (Lipinski definition) is 3. The lowest BCUT2D eigenvalue weighted by molar-refractivity contribution is 0.156. The molecule has 1 unspecified atom stereocenters. The minimum atomic E-state index is 0.384. The second-order valence-corrected chi connectivity index (χ2v) is 2.42. The number of nitrogens with zero attached hydrogens (tertiary/aromatic N) is 1. The molecule has 0 aliphatic carbocycles. The van der Waals surface area contributed by atoms with Crippen LogP contribution in [0.3, 0.4) is 0 Å². The normalized spacial score (nSPS) is 25.3. The first-order chi connectivity index (χ1) is 5.29. The summed E-state index contributed by atoms with van der Waals surface area (Å²) < 4.78 is 9.65. The van der Waals surface area contributed by atoms with Crippen LogP contribution in [-0.2, 0) is 9.47 Å². The summed E-state index contributed by atoms with van der Waals surface area (Å²) in [4.78, 5) is 3.93. The molecule has 62 valence electrons. The van der Waals surface area contributed by atoms with Gasteiger partial charge in [0.2, 0.25) is 0 Å². The van der Waals surface area contributed by atoms with Gasteiger partial charge in [-0.15, -0.1) is 0 Å². The van der Waals surface area contributed by atoms with Gasteiger partial charge in [-0.25, -0.2) is 0 Å². The van der Waals surface area contributed by atoms with Crippen LogP contribution in [0.1, 0.15) is 13.8 Å². The second-order valence-electron chi connectivity index (χ2n) is 2.42. The molecule has 0 aromatic carbocycles. The summed E-state index contributed by atoms with van der Waals surface area (Å²) in [5, 5.41) is 0. The van der Waals surface area contributed by atoms with Crippen LogP contribution >= 0.6 is 0 Å². The lowest BCUT2D eigenvalue weighted by Gasteiger charge is -2.12. The fraction of sp³-hybridized carbons (Fsp3) is 0.625. The van der Waals surface area contributed by atoms with Crippen LogP contribution < -0.4 is 0 Å². The predicted molar refractivity (Wildman–Crippen MR) is 43.6 cm³/mol. The van der Waals surface area contributed by atoms with E-state index in [1.165, 1.54) is 0 Å². The number of ether oxygens (including phenoxy) is 2. The molecule has 3 heteroatoms. The van der Waals surface area contributed by atoms with Crippen LogP contribution in [0.4, 0.5) is 0 Å². The summed E-state index contributed by atoms with van der Waals surface area (Å²) in [5.74, 6) is 0.829. The number of rotatable bonds is 0. The fourth-order valence-corrected chi connectivity index (χ4v) is 0.678. The van der Waals surface area contributed by atoms with Gasteiger partial charge in [-0.05, 0) is 13.0 Å². The van der Waals surface area contributed by atoms with Crippen molar-refractivity contribution in [2.24, 2.45) is 4.99 Å². The smallest absolute Gasteiger partial charge is 0.180 e. The van der Waals surface area contributed by atoms with Gasteiger partial charge in [-0.3, -0.25) is 4.99 Å². The van der Waals surface area contributed by atoms with Crippen LogP contribution in [0.2, 0.25) is 0 Å². The van der Waals surface area contributed by atoms with Crippen LogP contribution in [0.15, 0.2) is 17.3 Å². The Morgan fingerprint density at radius 2 is 2.27 bits per heavy atom. The van der Waals surface area contributed by atoms with Gasteiger partial charge >= 0.3 is 0 Å². The van der Waals surface area contributed by atoms with Crippen LogP contribution in [0.5, 0.6) is 0 Å². The zero-order valence-corrected chi connectivity index (χ0v) is 6.91. The minimum Gasteiger partial charge on any atom is -0.494 e. The number of aliphatic imine (C=N–C) groups is 1. The van der Waals surface area contributed by atoms with E-state index in [4.69, 9.17) is 9.47 Å². The molecular weight excluding hydrogens is 142 g/mol. The first-order valence-corrected chi connectivity index (χ1v) is 3.75. The van der Waals surface area contributed by atoms with Crippen molar-refractivity contribution in [1.29, 1.82) is 0 Å². The average molecular weight is 155 g/mol. The third-order valence-corrected chi connectivity index (χ3v) is 1.38. The summed E-state index contributed by atoms with van der Waals surface area (Å²) in [6.07, 6.45) is 4.08. The van der Waals surface area contributed by atoms with E-state index in [2.05, 4.69) is 4.99 Å². The zero-order valence-electron chi connectivity index (χ0n) is 6.91. The van der Waals surface area contributed by atoms with Crippen molar-refractivity contribution in [1.82, 2.24) is 0 Å². The molecule has 0 saturated heterocycles. The summed E-state index contributed by atoms with van der Waals surface area (Å²) in [6, 6.07) is 0. The Hall–Kier alpha value is -0.990. The van der Waals surface area contributed by atoms with Crippen LogP contribution in [0, 0.1) is 0 Å². The first kappa shape index (κ1) is 8.11. The van der Waals surface area contributed by atoms with Gasteiger partial charge in [-0.1, -0.05) is 0 Å². The maximum absolute atomic E-state index is 4.90. The van der Waals surface area contributed by atoms with Crippen molar-refractivity contribution < 1.29 is 9.47 Å². The quantitative estimate of drug-likeness (QED) is 0.528. The molecule has 0 N–H and O–H groups in total. The Morgan fingerprint density at radius 3 is 2.36 bits per heavy atom. The van der Waals surface area contributed by atoms with E-state index in [1.54, 1.807) is 6.26 Å². The minimum absolute atomic E-state index is 0.384. The largest absolute Gasteiger partial charge is 0.494 e. The lowest BCUT2D eigenvalue weighted by Crippen LogP contribution is -2.06. The molecule has 0 radical (unpaired) electrons. The molecule has 0 bridgehead atoms. The first-order valence-electron chi connectivity index (χ1n) is 3.75. The summed E-state index contributed by atoms with van der Waals surface area (Å²) in [5.41, 5.74) is 0. The molecule has 0 aromatic rings. The van der Waals surface area contributed by atoms with E-state index in [-0.39, 0.29) is 0 Å². The Balaban J connectivity index is 0.000000112. The van der Waals surface area contributed by atoms with Crippen molar-refractivity contribution in [2.75, 3.05) is 13.2 Å². The highest BCUT2D eigenvalue weighted by atomic mass is 16.5. The molecule has 2 rings (SSSR count). The monoisotopic (exact) mass is 155 g/mol. The maximum atomic E-state index is 4.90. The maximum Gasteiger partial charge on any atom is 0.180 e. The Morgan fingerprint density at radius 1 is 1.64 bits per heavy atom. The Bertz CT molecular complexity index is 175. The molecule has 0 fully saturated rings. The van der Waals surface area contributed by atoms with E-state index in [0.29, 0.717) is 6.10 Å². The standard InChI is InChI=1S/C4H7NO.C4H6O/c1-4-5-2-3-6-4;1-4-2-3-5-4/h2-3H2,1H3;2-4H,1H3. The lowest BCUT2D eigenvalue weighted by atomic mass is 10.3. The molecule has 11 heavy (non-hydrogen) atoms. The highest BCUT2D eigenvalue weighted by Gasteiger charge is 1.99. The third-order valence-electron chi connectivity index (χ3n) is 1.38. The summed E-state index contributed by atoms with van der Waals surface area (Å²) in [7, 11) is 0. The molecular formula is C8H13NO2. The molecule has 1 atom stereocenters. The van der Waals surface area contributed by atoms with Crippen molar-refractivity contribution in [2.45, 2.75) is 20.0 Å². The molecule has 2 heterocycles. The van der Waals surface area contributed by atoms with Gasteiger partial charge in [0.05, 0.1) is 12.8 Å². The zero-order chi connectivity index (χ0) is 8.10. The highest BCUT2D eigenvalue weighted by molar-refractivity contribution is 5.74. The molecule has 0 saturated carbocycles. The molecule has 0 spiro atoms. The van der Waals surface area contributed by atoms with Gasteiger partial charge in [-0.2, -0.15) is 0 Å². The van der Waals surface area contributed by atoms with Crippen molar-refractivity contribution in [3.8, 4) is 0 Å². The third kappa shape index (κ3) is 3.07. The molecule has 3 nitrogen and oxygen atoms in total. The Labute approximate surface area is 66.7 Å². The average Bonchev–Trinajstić information content (AvgIpc) is 2.36.